The topological polar surface area (TPSA) is 52.1 Å². The number of ether oxygens (including phenoxy) is 1. The summed E-state index contributed by atoms with van der Waals surface area (Å²) in [6, 6.07) is 3.50. The van der Waals surface area contributed by atoms with E-state index in [0.29, 0.717) is 11.6 Å². The Balaban J connectivity index is 2.28. The van der Waals surface area contributed by atoms with Crippen molar-refractivity contribution in [3.63, 3.8) is 0 Å². The van der Waals surface area contributed by atoms with Gasteiger partial charge in [-0.2, -0.15) is 0 Å². The van der Waals surface area contributed by atoms with Gasteiger partial charge in [0.25, 0.3) is 0 Å². The van der Waals surface area contributed by atoms with Crippen molar-refractivity contribution in [3.8, 4) is 5.88 Å². The Kier molecular flexibility index (Phi) is 2.81. The highest BCUT2D eigenvalue weighted by Gasteiger charge is 2.14. The third kappa shape index (κ3) is 2.00. The number of allylic oxidation sites excluding steroid dienone is 4. The van der Waals surface area contributed by atoms with Crippen LogP contribution in [0.25, 0.3) is 5.57 Å². The van der Waals surface area contributed by atoms with Crippen LogP contribution < -0.4 is 4.74 Å². The van der Waals surface area contributed by atoms with Gasteiger partial charge in [-0.1, -0.05) is 19.1 Å². The summed E-state index contributed by atoms with van der Waals surface area (Å²) in [5.41, 5.74) is 1.47. The van der Waals surface area contributed by atoms with Gasteiger partial charge < -0.3 is 4.74 Å². The van der Waals surface area contributed by atoms with Gasteiger partial charge in [0.15, 0.2) is 5.78 Å². The number of nitrogens with zero attached hydrogens (tertiary/aromatic N) is 2. The molecule has 4 heteroatoms. The largest absolute Gasteiger partial charge is 0.480 e. The predicted octanol–water partition coefficient (Wildman–Crippen LogP) is 1.64. The van der Waals surface area contributed by atoms with Crippen LogP contribution in [0.3, 0.4) is 0 Å². The molecule has 82 valence electrons. The Labute approximate surface area is 93.6 Å². The number of ketones is 1. The molecule has 1 atom stereocenters. The Morgan fingerprint density at radius 2 is 2.12 bits per heavy atom. The van der Waals surface area contributed by atoms with E-state index in [1.54, 1.807) is 18.2 Å². The summed E-state index contributed by atoms with van der Waals surface area (Å²) in [7, 11) is 1.54. The first-order chi connectivity index (χ1) is 7.70. The summed E-state index contributed by atoms with van der Waals surface area (Å²) in [6.45, 7) is 1.87. The van der Waals surface area contributed by atoms with E-state index in [9.17, 15) is 4.79 Å². The zero-order valence-corrected chi connectivity index (χ0v) is 9.18. The highest BCUT2D eigenvalue weighted by atomic mass is 16.5. The number of methoxy groups -OCH3 is 1. The molecule has 0 spiro atoms. The van der Waals surface area contributed by atoms with Gasteiger partial charge in [0.2, 0.25) is 5.88 Å². The monoisotopic (exact) mass is 216 g/mol. The molecule has 0 aromatic carbocycles. The second kappa shape index (κ2) is 4.26. The number of hydrogen-bond acceptors (Lipinski definition) is 4. The molecule has 1 aliphatic rings. The Morgan fingerprint density at radius 3 is 2.69 bits per heavy atom. The van der Waals surface area contributed by atoms with Crippen molar-refractivity contribution in [2.24, 2.45) is 5.92 Å². The van der Waals surface area contributed by atoms with Crippen molar-refractivity contribution in [2.75, 3.05) is 7.11 Å². The van der Waals surface area contributed by atoms with Crippen LogP contribution in [0.5, 0.6) is 5.88 Å². The molecule has 2 rings (SSSR count). The van der Waals surface area contributed by atoms with E-state index in [-0.39, 0.29) is 11.7 Å². The molecule has 1 heterocycles. The van der Waals surface area contributed by atoms with Crippen molar-refractivity contribution in [1.29, 1.82) is 0 Å². The van der Waals surface area contributed by atoms with Gasteiger partial charge in [-0.3, -0.25) is 4.79 Å². The average molecular weight is 216 g/mol. The molecule has 1 aromatic heterocycles. The molecule has 1 aromatic rings. The maximum absolute atomic E-state index is 11.5. The lowest BCUT2D eigenvalue weighted by atomic mass is 9.95. The molecule has 1 unspecified atom stereocenters. The van der Waals surface area contributed by atoms with E-state index < -0.39 is 0 Å². The molecule has 16 heavy (non-hydrogen) atoms. The first-order valence-electron chi connectivity index (χ1n) is 5.02. The smallest absolute Gasteiger partial charge is 0.233 e. The van der Waals surface area contributed by atoms with Crippen LogP contribution in [0.2, 0.25) is 0 Å². The minimum absolute atomic E-state index is 0.0463. The van der Waals surface area contributed by atoms with E-state index in [0.717, 1.165) is 5.57 Å². The van der Waals surface area contributed by atoms with Crippen LogP contribution in [-0.4, -0.2) is 23.1 Å². The van der Waals surface area contributed by atoms with Crippen molar-refractivity contribution in [2.45, 2.75) is 6.92 Å². The van der Waals surface area contributed by atoms with E-state index in [1.807, 2.05) is 19.1 Å². The number of rotatable bonds is 2. The normalized spacial score (nSPS) is 19.5. The maximum atomic E-state index is 11.5. The molecular formula is C12H12N2O2. The molecule has 0 aliphatic heterocycles. The fourth-order valence-electron chi connectivity index (χ4n) is 1.42. The Morgan fingerprint density at radius 1 is 1.31 bits per heavy atom. The molecule has 0 saturated carbocycles. The van der Waals surface area contributed by atoms with Crippen LogP contribution in [0.15, 0.2) is 30.4 Å². The minimum Gasteiger partial charge on any atom is -0.480 e. The van der Waals surface area contributed by atoms with Crippen molar-refractivity contribution in [3.05, 3.63) is 36.1 Å². The second-order valence-corrected chi connectivity index (χ2v) is 3.61. The fourth-order valence-corrected chi connectivity index (χ4v) is 1.42. The second-order valence-electron chi connectivity index (χ2n) is 3.61. The van der Waals surface area contributed by atoms with Crippen LogP contribution in [0.4, 0.5) is 0 Å². The summed E-state index contributed by atoms with van der Waals surface area (Å²) in [5.74, 6) is 0.508. The van der Waals surface area contributed by atoms with Gasteiger partial charge in [0.1, 0.15) is 0 Å². The highest BCUT2D eigenvalue weighted by Crippen LogP contribution is 2.20. The van der Waals surface area contributed by atoms with E-state index in [1.165, 1.54) is 7.11 Å². The highest BCUT2D eigenvalue weighted by molar-refractivity contribution is 6.02. The van der Waals surface area contributed by atoms with Crippen LogP contribution in [-0.2, 0) is 4.79 Å². The number of aromatic nitrogens is 2. The van der Waals surface area contributed by atoms with Gasteiger partial charge in [-0.05, 0) is 12.1 Å². The van der Waals surface area contributed by atoms with Crippen molar-refractivity contribution in [1.82, 2.24) is 10.2 Å². The van der Waals surface area contributed by atoms with Gasteiger partial charge >= 0.3 is 0 Å². The zero-order valence-electron chi connectivity index (χ0n) is 9.18. The van der Waals surface area contributed by atoms with E-state index in [4.69, 9.17) is 4.74 Å². The van der Waals surface area contributed by atoms with Gasteiger partial charge in [0, 0.05) is 17.6 Å². The van der Waals surface area contributed by atoms with E-state index >= 15 is 0 Å². The predicted molar refractivity (Wildman–Crippen MR) is 59.9 cm³/mol. The Bertz CT molecular complexity index is 460. The molecule has 0 saturated heterocycles. The summed E-state index contributed by atoms with van der Waals surface area (Å²) < 4.78 is 4.92. The number of carbonyl (C=O) groups is 1. The van der Waals surface area contributed by atoms with Crippen LogP contribution >= 0.6 is 0 Å². The van der Waals surface area contributed by atoms with Gasteiger partial charge in [-0.15, -0.1) is 10.2 Å². The fraction of sp³-hybridized carbons (Fsp3) is 0.250. The Hall–Kier alpha value is -1.97. The molecule has 0 fully saturated rings. The first kappa shape index (κ1) is 10.5. The molecule has 0 radical (unpaired) electrons. The van der Waals surface area contributed by atoms with Gasteiger partial charge in [0.05, 0.1) is 12.8 Å². The lowest BCUT2D eigenvalue weighted by molar-refractivity contribution is -0.116. The summed E-state index contributed by atoms with van der Waals surface area (Å²) in [5, 5.41) is 7.84. The quantitative estimate of drug-likeness (QED) is 0.754. The van der Waals surface area contributed by atoms with Crippen LogP contribution in [0, 0.1) is 5.92 Å². The molecule has 1 aliphatic carbocycles. The van der Waals surface area contributed by atoms with Gasteiger partial charge in [-0.25, -0.2) is 0 Å². The molecular weight excluding hydrogens is 204 g/mol. The molecule has 4 nitrogen and oxygen atoms in total. The van der Waals surface area contributed by atoms with Crippen molar-refractivity contribution >= 4 is 11.4 Å². The summed E-state index contributed by atoms with van der Waals surface area (Å²) in [6.07, 6.45) is 5.35. The number of carbonyl (C=O) groups excluding carboxylic acids is 1. The third-order valence-corrected chi connectivity index (χ3v) is 2.46. The van der Waals surface area contributed by atoms with E-state index in [2.05, 4.69) is 10.2 Å². The zero-order chi connectivity index (χ0) is 11.5. The minimum atomic E-state index is -0.0463. The third-order valence-electron chi connectivity index (χ3n) is 2.46. The molecule has 0 bridgehead atoms. The SMILES string of the molecule is COc1ccc(C2=CC(=O)C(C)C=C2)nn1. The number of hydrogen-bond donors (Lipinski definition) is 0. The maximum Gasteiger partial charge on any atom is 0.233 e. The lowest BCUT2D eigenvalue weighted by Gasteiger charge is -2.09. The molecule has 0 amide bonds. The first-order valence-corrected chi connectivity index (χ1v) is 5.02. The molecule has 0 N–H and O–H groups in total. The van der Waals surface area contributed by atoms with Crippen molar-refractivity contribution < 1.29 is 9.53 Å². The summed E-state index contributed by atoms with van der Waals surface area (Å²) in [4.78, 5) is 11.5. The summed E-state index contributed by atoms with van der Waals surface area (Å²) >= 11 is 0. The van der Waals surface area contributed by atoms with Crippen LogP contribution in [0.1, 0.15) is 12.6 Å². The lowest BCUT2D eigenvalue weighted by Crippen LogP contribution is -2.09. The average Bonchev–Trinajstić information content (AvgIpc) is 2.33. The standard InChI is InChI=1S/C12H12N2O2/c1-8-3-4-9(7-11(8)15)10-5-6-12(16-2)14-13-10/h3-8H,1-2H3.